The van der Waals surface area contributed by atoms with Crippen LogP contribution in [0.25, 0.3) is 0 Å². The van der Waals surface area contributed by atoms with E-state index in [1.54, 1.807) is 24.9 Å². The average molecular weight is 171 g/mol. The molecule has 70 valence electrons. The summed E-state index contributed by atoms with van der Waals surface area (Å²) in [6.45, 7) is 5.78. The van der Waals surface area contributed by atoms with E-state index >= 15 is 0 Å². The monoisotopic (exact) mass is 171 g/mol. The minimum atomic E-state index is -0.397. The Kier molecular flexibility index (Phi) is 5.37. The van der Waals surface area contributed by atoms with E-state index in [4.69, 9.17) is 5.11 Å². The Morgan fingerprint density at radius 3 is 2.75 bits per heavy atom. The molecule has 0 saturated carbocycles. The van der Waals surface area contributed by atoms with Crippen molar-refractivity contribution in [3.63, 3.8) is 0 Å². The zero-order valence-electron chi connectivity index (χ0n) is 7.79. The van der Waals surface area contributed by atoms with E-state index in [9.17, 15) is 4.79 Å². The van der Waals surface area contributed by atoms with Crippen LogP contribution in [-0.2, 0) is 4.79 Å². The number of carbonyl (C=O) groups is 1. The Bertz CT molecular complexity index is 155. The van der Waals surface area contributed by atoms with Gasteiger partial charge in [0.25, 0.3) is 0 Å². The number of rotatable bonds is 5. The fraction of sp³-hybridized carbons (Fsp3) is 0.667. The first-order valence-corrected chi connectivity index (χ1v) is 4.11. The summed E-state index contributed by atoms with van der Waals surface area (Å²) < 4.78 is 0. The van der Waals surface area contributed by atoms with Gasteiger partial charge < -0.3 is 10.0 Å². The van der Waals surface area contributed by atoms with Gasteiger partial charge in [-0.2, -0.15) is 0 Å². The van der Waals surface area contributed by atoms with E-state index in [1.807, 2.05) is 0 Å². The predicted molar refractivity (Wildman–Crippen MR) is 48.7 cm³/mol. The quantitative estimate of drug-likeness (QED) is 0.621. The Balaban J connectivity index is 3.63. The zero-order valence-corrected chi connectivity index (χ0v) is 7.79. The van der Waals surface area contributed by atoms with Crippen LogP contribution in [0.2, 0.25) is 0 Å². The van der Waals surface area contributed by atoms with Crippen LogP contribution in [0.4, 0.5) is 0 Å². The van der Waals surface area contributed by atoms with Gasteiger partial charge in [0.05, 0.1) is 6.10 Å². The van der Waals surface area contributed by atoms with Crippen molar-refractivity contribution in [3.8, 4) is 0 Å². The number of carbonyl (C=O) groups excluding carboxylic acids is 1. The lowest BCUT2D eigenvalue weighted by Crippen LogP contribution is -2.27. The number of hydrogen-bond acceptors (Lipinski definition) is 2. The molecule has 0 rings (SSSR count). The fourth-order valence-electron chi connectivity index (χ4n) is 0.819. The summed E-state index contributed by atoms with van der Waals surface area (Å²) in [5.41, 5.74) is 0. The molecular weight excluding hydrogens is 154 g/mol. The normalized spacial score (nSPS) is 12.2. The fourth-order valence-corrected chi connectivity index (χ4v) is 0.819. The highest BCUT2D eigenvalue weighted by Crippen LogP contribution is 1.99. The molecule has 0 aromatic heterocycles. The standard InChI is InChI=1S/C9H17NO2/c1-4-7-10(3)9(12)6-5-8(2)11/h4,8,11H,1,5-7H2,2-3H3. The number of aliphatic hydroxyl groups excluding tert-OH is 1. The van der Waals surface area contributed by atoms with Crippen LogP contribution in [0, 0.1) is 0 Å². The molecule has 0 aliphatic rings. The van der Waals surface area contributed by atoms with Gasteiger partial charge in [-0.3, -0.25) is 4.79 Å². The lowest BCUT2D eigenvalue weighted by molar-refractivity contribution is -0.129. The van der Waals surface area contributed by atoms with Crippen molar-refractivity contribution in [2.75, 3.05) is 13.6 Å². The van der Waals surface area contributed by atoms with Crippen LogP contribution >= 0.6 is 0 Å². The van der Waals surface area contributed by atoms with E-state index in [2.05, 4.69) is 6.58 Å². The molecule has 1 unspecified atom stereocenters. The minimum absolute atomic E-state index is 0.0517. The summed E-state index contributed by atoms with van der Waals surface area (Å²) in [7, 11) is 1.73. The average Bonchev–Trinajstić information content (AvgIpc) is 2.00. The van der Waals surface area contributed by atoms with Crippen LogP contribution in [0.15, 0.2) is 12.7 Å². The summed E-state index contributed by atoms with van der Waals surface area (Å²) in [6, 6.07) is 0. The van der Waals surface area contributed by atoms with Crippen molar-refractivity contribution >= 4 is 5.91 Å². The number of aliphatic hydroxyl groups is 1. The second kappa shape index (κ2) is 5.77. The van der Waals surface area contributed by atoms with Crippen LogP contribution in [0.3, 0.4) is 0 Å². The van der Waals surface area contributed by atoms with E-state index in [1.165, 1.54) is 0 Å². The van der Waals surface area contributed by atoms with Gasteiger partial charge in [-0.05, 0) is 13.3 Å². The molecule has 3 nitrogen and oxygen atoms in total. The topological polar surface area (TPSA) is 40.5 Å². The van der Waals surface area contributed by atoms with Gasteiger partial charge in [-0.15, -0.1) is 6.58 Å². The molecule has 3 heteroatoms. The first kappa shape index (κ1) is 11.2. The van der Waals surface area contributed by atoms with E-state index in [-0.39, 0.29) is 5.91 Å². The lowest BCUT2D eigenvalue weighted by atomic mass is 10.2. The highest BCUT2D eigenvalue weighted by atomic mass is 16.3. The maximum absolute atomic E-state index is 11.2. The highest BCUT2D eigenvalue weighted by Gasteiger charge is 2.07. The van der Waals surface area contributed by atoms with Gasteiger partial charge in [0.1, 0.15) is 0 Å². The first-order valence-electron chi connectivity index (χ1n) is 4.11. The summed E-state index contributed by atoms with van der Waals surface area (Å²) in [5.74, 6) is 0.0517. The molecule has 0 fully saturated rings. The van der Waals surface area contributed by atoms with Crippen molar-refractivity contribution in [2.24, 2.45) is 0 Å². The number of amides is 1. The van der Waals surface area contributed by atoms with Crippen LogP contribution < -0.4 is 0 Å². The molecule has 1 atom stereocenters. The van der Waals surface area contributed by atoms with Crippen LogP contribution in [0.1, 0.15) is 19.8 Å². The van der Waals surface area contributed by atoms with E-state index in [0.717, 1.165) is 0 Å². The number of hydrogen-bond donors (Lipinski definition) is 1. The molecule has 0 saturated heterocycles. The summed E-state index contributed by atoms with van der Waals surface area (Å²) in [5, 5.41) is 8.92. The number of likely N-dealkylation sites (N-methyl/N-ethyl adjacent to an activating group) is 1. The predicted octanol–water partition coefficient (Wildman–Crippen LogP) is 0.792. The third-order valence-electron chi connectivity index (χ3n) is 1.60. The molecule has 0 bridgehead atoms. The second-order valence-electron chi connectivity index (χ2n) is 2.95. The Morgan fingerprint density at radius 2 is 2.33 bits per heavy atom. The van der Waals surface area contributed by atoms with E-state index < -0.39 is 6.10 Å². The molecule has 0 aliphatic carbocycles. The molecule has 0 heterocycles. The lowest BCUT2D eigenvalue weighted by Gasteiger charge is -2.14. The van der Waals surface area contributed by atoms with Crippen molar-refractivity contribution < 1.29 is 9.90 Å². The van der Waals surface area contributed by atoms with E-state index in [0.29, 0.717) is 19.4 Å². The molecule has 0 radical (unpaired) electrons. The van der Waals surface area contributed by atoms with Gasteiger partial charge in [-0.1, -0.05) is 6.08 Å². The van der Waals surface area contributed by atoms with Gasteiger partial charge in [0.15, 0.2) is 0 Å². The summed E-state index contributed by atoms with van der Waals surface area (Å²) in [6.07, 6.45) is 2.22. The van der Waals surface area contributed by atoms with Gasteiger partial charge in [0, 0.05) is 20.0 Å². The third kappa shape index (κ3) is 4.91. The second-order valence-corrected chi connectivity index (χ2v) is 2.95. The van der Waals surface area contributed by atoms with Crippen LogP contribution in [-0.4, -0.2) is 35.6 Å². The minimum Gasteiger partial charge on any atom is -0.393 e. The smallest absolute Gasteiger partial charge is 0.222 e. The van der Waals surface area contributed by atoms with Crippen molar-refractivity contribution in [3.05, 3.63) is 12.7 Å². The molecule has 0 aliphatic heterocycles. The Morgan fingerprint density at radius 1 is 1.75 bits per heavy atom. The molecular formula is C9H17NO2. The summed E-state index contributed by atoms with van der Waals surface area (Å²) >= 11 is 0. The maximum Gasteiger partial charge on any atom is 0.222 e. The maximum atomic E-state index is 11.2. The zero-order chi connectivity index (χ0) is 9.56. The van der Waals surface area contributed by atoms with Crippen molar-refractivity contribution in [1.82, 2.24) is 4.90 Å². The highest BCUT2D eigenvalue weighted by molar-refractivity contribution is 5.75. The summed E-state index contributed by atoms with van der Waals surface area (Å²) in [4.78, 5) is 12.8. The molecule has 0 aromatic rings. The number of nitrogens with zero attached hydrogens (tertiary/aromatic N) is 1. The molecule has 0 aromatic carbocycles. The third-order valence-corrected chi connectivity index (χ3v) is 1.60. The first-order chi connectivity index (χ1) is 5.57. The Labute approximate surface area is 73.7 Å². The largest absolute Gasteiger partial charge is 0.393 e. The van der Waals surface area contributed by atoms with Gasteiger partial charge >= 0.3 is 0 Å². The molecule has 1 N–H and O–H groups in total. The van der Waals surface area contributed by atoms with Gasteiger partial charge in [0.2, 0.25) is 5.91 Å². The van der Waals surface area contributed by atoms with Crippen molar-refractivity contribution in [1.29, 1.82) is 0 Å². The van der Waals surface area contributed by atoms with Gasteiger partial charge in [-0.25, -0.2) is 0 Å². The molecule has 0 spiro atoms. The SMILES string of the molecule is C=CCN(C)C(=O)CCC(C)O. The van der Waals surface area contributed by atoms with Crippen molar-refractivity contribution in [2.45, 2.75) is 25.9 Å². The Hall–Kier alpha value is -0.830. The molecule has 1 amide bonds. The van der Waals surface area contributed by atoms with Crippen LogP contribution in [0.5, 0.6) is 0 Å². The molecule has 12 heavy (non-hydrogen) atoms.